The van der Waals surface area contributed by atoms with Gasteiger partial charge < -0.3 is 5.11 Å². The molecule has 0 aromatic carbocycles. The molecule has 0 atom stereocenters. The van der Waals surface area contributed by atoms with Gasteiger partial charge in [0.05, 0.1) is 6.42 Å². The van der Waals surface area contributed by atoms with E-state index >= 15 is 0 Å². The Balaban J connectivity index is 2.45. The van der Waals surface area contributed by atoms with Gasteiger partial charge in [0.15, 0.2) is 0 Å². The molecule has 3 nitrogen and oxygen atoms in total. The molecular formula is C8H9NO2S2. The maximum Gasteiger partial charge on any atom is 0.304 e. The van der Waals surface area contributed by atoms with E-state index in [2.05, 4.69) is 17.6 Å². The quantitative estimate of drug-likeness (QED) is 0.595. The number of pyridine rings is 1. The molecule has 5 heteroatoms. The summed E-state index contributed by atoms with van der Waals surface area (Å²) in [6, 6.07) is 3.63. The fourth-order valence-electron chi connectivity index (χ4n) is 0.729. The van der Waals surface area contributed by atoms with Crippen LogP contribution in [0.5, 0.6) is 0 Å². The summed E-state index contributed by atoms with van der Waals surface area (Å²) in [6.07, 6.45) is 1.82. The van der Waals surface area contributed by atoms with Gasteiger partial charge in [0.25, 0.3) is 0 Å². The van der Waals surface area contributed by atoms with E-state index in [1.165, 1.54) is 11.8 Å². The molecule has 0 aliphatic carbocycles. The highest BCUT2D eigenvalue weighted by Crippen LogP contribution is 2.22. The standard InChI is InChI=1S/C8H9NO2S2/c10-7(11)3-5-13-8-6(12)2-1-4-9-8/h1-2,4,12H,3,5H2,(H,10,11). The molecule has 0 amide bonds. The Morgan fingerprint density at radius 3 is 3.08 bits per heavy atom. The van der Waals surface area contributed by atoms with E-state index in [0.717, 1.165) is 9.92 Å². The van der Waals surface area contributed by atoms with Crippen molar-refractivity contribution in [2.75, 3.05) is 5.75 Å². The van der Waals surface area contributed by atoms with Crippen LogP contribution in [0.4, 0.5) is 0 Å². The molecule has 0 aliphatic heterocycles. The number of thiol groups is 1. The Morgan fingerprint density at radius 1 is 1.69 bits per heavy atom. The number of hydrogen-bond acceptors (Lipinski definition) is 4. The first kappa shape index (κ1) is 10.4. The van der Waals surface area contributed by atoms with Gasteiger partial charge in [-0.25, -0.2) is 4.98 Å². The van der Waals surface area contributed by atoms with Crippen molar-refractivity contribution in [3.8, 4) is 0 Å². The molecule has 1 rings (SSSR count). The Morgan fingerprint density at radius 2 is 2.46 bits per heavy atom. The lowest BCUT2D eigenvalue weighted by Crippen LogP contribution is -1.96. The van der Waals surface area contributed by atoms with Crippen LogP contribution < -0.4 is 0 Å². The zero-order valence-corrected chi connectivity index (χ0v) is 8.52. The van der Waals surface area contributed by atoms with E-state index in [1.54, 1.807) is 12.3 Å². The SMILES string of the molecule is O=C(O)CCSc1ncccc1S. The Hall–Kier alpha value is -0.680. The van der Waals surface area contributed by atoms with E-state index in [-0.39, 0.29) is 6.42 Å². The summed E-state index contributed by atoms with van der Waals surface area (Å²) < 4.78 is 0. The van der Waals surface area contributed by atoms with E-state index < -0.39 is 5.97 Å². The summed E-state index contributed by atoms with van der Waals surface area (Å²) in [5.74, 6) is -0.260. The monoisotopic (exact) mass is 215 g/mol. The van der Waals surface area contributed by atoms with Gasteiger partial charge in [0.1, 0.15) is 5.03 Å². The molecule has 0 saturated heterocycles. The average molecular weight is 215 g/mol. The number of carboxylic acid groups (broad SMARTS) is 1. The lowest BCUT2D eigenvalue weighted by atomic mass is 10.5. The largest absolute Gasteiger partial charge is 0.481 e. The predicted molar refractivity (Wildman–Crippen MR) is 54.5 cm³/mol. The number of aliphatic carboxylic acids is 1. The van der Waals surface area contributed by atoms with E-state index in [1.807, 2.05) is 6.07 Å². The highest BCUT2D eigenvalue weighted by molar-refractivity contribution is 7.99. The first-order valence-corrected chi connectivity index (χ1v) is 5.12. The third kappa shape index (κ3) is 3.69. The number of carbonyl (C=O) groups is 1. The van der Waals surface area contributed by atoms with Gasteiger partial charge in [-0.05, 0) is 12.1 Å². The maximum absolute atomic E-state index is 10.2. The number of aromatic nitrogens is 1. The molecule has 0 aliphatic rings. The van der Waals surface area contributed by atoms with Crippen molar-refractivity contribution in [2.45, 2.75) is 16.3 Å². The van der Waals surface area contributed by atoms with Crippen LogP contribution in [0.1, 0.15) is 6.42 Å². The lowest BCUT2D eigenvalue weighted by molar-refractivity contribution is -0.136. The van der Waals surface area contributed by atoms with Gasteiger partial charge in [0.2, 0.25) is 0 Å². The minimum absolute atomic E-state index is 0.147. The summed E-state index contributed by atoms with van der Waals surface area (Å²) in [6.45, 7) is 0. The molecule has 1 heterocycles. The normalized spacial score (nSPS) is 9.92. The lowest BCUT2D eigenvalue weighted by Gasteiger charge is -2.00. The van der Waals surface area contributed by atoms with Crippen molar-refractivity contribution in [1.82, 2.24) is 4.98 Å². The summed E-state index contributed by atoms with van der Waals surface area (Å²) in [7, 11) is 0. The van der Waals surface area contributed by atoms with Crippen LogP contribution in [0, 0.1) is 0 Å². The Labute approximate surface area is 86.0 Å². The molecule has 1 aromatic rings. The zero-order chi connectivity index (χ0) is 9.68. The van der Waals surface area contributed by atoms with Crippen LogP contribution >= 0.6 is 24.4 Å². The fourth-order valence-corrected chi connectivity index (χ4v) is 1.89. The molecular weight excluding hydrogens is 206 g/mol. The van der Waals surface area contributed by atoms with Gasteiger partial charge >= 0.3 is 5.97 Å². The van der Waals surface area contributed by atoms with Crippen molar-refractivity contribution < 1.29 is 9.90 Å². The second kappa shape index (κ2) is 5.14. The smallest absolute Gasteiger partial charge is 0.304 e. The summed E-state index contributed by atoms with van der Waals surface area (Å²) in [4.78, 5) is 15.1. The van der Waals surface area contributed by atoms with Crippen molar-refractivity contribution in [1.29, 1.82) is 0 Å². The first-order valence-electron chi connectivity index (χ1n) is 3.68. The molecule has 1 N–H and O–H groups in total. The molecule has 0 bridgehead atoms. The molecule has 0 unspecified atom stereocenters. The van der Waals surface area contributed by atoms with Crippen molar-refractivity contribution >= 4 is 30.4 Å². The number of rotatable bonds is 4. The molecule has 0 saturated carbocycles. The Kier molecular flexibility index (Phi) is 4.11. The highest BCUT2D eigenvalue weighted by atomic mass is 32.2. The topological polar surface area (TPSA) is 50.2 Å². The maximum atomic E-state index is 10.2. The second-order valence-corrected chi connectivity index (χ2v) is 3.89. The van der Waals surface area contributed by atoms with Gasteiger partial charge in [-0.2, -0.15) is 0 Å². The third-order valence-corrected chi connectivity index (χ3v) is 2.82. The molecule has 70 valence electrons. The Bertz CT molecular complexity index is 304. The van der Waals surface area contributed by atoms with E-state index in [9.17, 15) is 4.79 Å². The van der Waals surface area contributed by atoms with E-state index in [0.29, 0.717) is 5.75 Å². The molecule has 0 fully saturated rings. The highest BCUT2D eigenvalue weighted by Gasteiger charge is 2.02. The van der Waals surface area contributed by atoms with Gasteiger partial charge in [0, 0.05) is 16.8 Å². The summed E-state index contributed by atoms with van der Waals surface area (Å²) in [5.41, 5.74) is 0. The molecule has 1 aromatic heterocycles. The van der Waals surface area contributed by atoms with Crippen LogP contribution in [-0.2, 0) is 4.79 Å². The van der Waals surface area contributed by atoms with Gasteiger partial charge in [-0.1, -0.05) is 0 Å². The van der Waals surface area contributed by atoms with Crippen molar-refractivity contribution in [3.05, 3.63) is 18.3 Å². The number of carboxylic acids is 1. The first-order chi connectivity index (χ1) is 6.20. The van der Waals surface area contributed by atoms with Gasteiger partial charge in [-0.15, -0.1) is 24.4 Å². The number of hydrogen-bond donors (Lipinski definition) is 2. The van der Waals surface area contributed by atoms with E-state index in [4.69, 9.17) is 5.11 Å². The molecule has 13 heavy (non-hydrogen) atoms. The summed E-state index contributed by atoms with van der Waals surface area (Å²) in [5, 5.41) is 9.19. The number of nitrogens with zero attached hydrogens (tertiary/aromatic N) is 1. The van der Waals surface area contributed by atoms with Crippen LogP contribution in [0.2, 0.25) is 0 Å². The van der Waals surface area contributed by atoms with Crippen LogP contribution in [0.25, 0.3) is 0 Å². The third-order valence-electron chi connectivity index (χ3n) is 1.31. The molecule has 0 radical (unpaired) electrons. The predicted octanol–water partition coefficient (Wildman–Crippen LogP) is 1.94. The van der Waals surface area contributed by atoms with Crippen LogP contribution in [0.15, 0.2) is 28.3 Å². The summed E-state index contributed by atoms with van der Waals surface area (Å²) >= 11 is 5.60. The average Bonchev–Trinajstić information content (AvgIpc) is 2.08. The fraction of sp³-hybridized carbons (Fsp3) is 0.250. The number of thioether (sulfide) groups is 1. The van der Waals surface area contributed by atoms with Gasteiger partial charge in [-0.3, -0.25) is 4.79 Å². The zero-order valence-electron chi connectivity index (χ0n) is 6.80. The van der Waals surface area contributed by atoms with Crippen LogP contribution in [-0.4, -0.2) is 21.8 Å². The second-order valence-electron chi connectivity index (χ2n) is 2.32. The van der Waals surface area contributed by atoms with Crippen molar-refractivity contribution in [2.24, 2.45) is 0 Å². The minimum atomic E-state index is -0.788. The molecule has 0 spiro atoms. The minimum Gasteiger partial charge on any atom is -0.481 e. The van der Waals surface area contributed by atoms with Crippen molar-refractivity contribution in [3.63, 3.8) is 0 Å². The van der Waals surface area contributed by atoms with Crippen LogP contribution in [0.3, 0.4) is 0 Å².